The molecule has 0 aliphatic carbocycles. The molecule has 0 saturated heterocycles. The zero-order chi connectivity index (χ0) is 19.7. The summed E-state index contributed by atoms with van der Waals surface area (Å²) >= 11 is 1.70. The molecular weight excluding hydrogens is 380 g/mol. The van der Waals surface area contributed by atoms with Gasteiger partial charge < -0.3 is 9.47 Å². The molecule has 1 aliphatic heterocycles. The molecule has 0 amide bonds. The van der Waals surface area contributed by atoms with Crippen LogP contribution >= 0.6 is 11.9 Å². The number of benzene rings is 3. The average molecular weight is 399 g/mol. The van der Waals surface area contributed by atoms with Gasteiger partial charge in [-0.3, -0.25) is 0 Å². The van der Waals surface area contributed by atoms with Gasteiger partial charge in [0, 0.05) is 36.2 Å². The zero-order valence-electron chi connectivity index (χ0n) is 15.5. The second kappa shape index (κ2) is 7.81. The third-order valence-corrected chi connectivity index (χ3v) is 5.75. The molecule has 6 heteroatoms. The fourth-order valence-electron chi connectivity index (χ4n) is 3.19. The van der Waals surface area contributed by atoms with Crippen molar-refractivity contribution in [1.29, 1.82) is 0 Å². The molecule has 3 nitrogen and oxygen atoms in total. The van der Waals surface area contributed by atoms with Crippen LogP contribution in [0, 0.1) is 18.6 Å². The van der Waals surface area contributed by atoms with E-state index in [0.717, 1.165) is 30.5 Å². The van der Waals surface area contributed by atoms with Gasteiger partial charge in [0.1, 0.15) is 28.9 Å². The Morgan fingerprint density at radius 2 is 1.68 bits per heavy atom. The molecule has 1 heterocycles. The SMILES string of the molecule is COc1ccc(CN2Cc3c(ccc(Oc4cc(F)cc(F)c4)c3C)S2)cc1. The van der Waals surface area contributed by atoms with Gasteiger partial charge in [0.2, 0.25) is 0 Å². The average Bonchev–Trinajstić information content (AvgIpc) is 3.07. The van der Waals surface area contributed by atoms with Crippen LogP contribution in [0.15, 0.2) is 59.5 Å². The van der Waals surface area contributed by atoms with Crippen molar-refractivity contribution in [3.05, 3.63) is 82.9 Å². The van der Waals surface area contributed by atoms with E-state index in [1.807, 2.05) is 31.2 Å². The maximum Gasteiger partial charge on any atom is 0.133 e. The summed E-state index contributed by atoms with van der Waals surface area (Å²) < 4.78 is 40.1. The molecular formula is C22H19F2NO2S. The van der Waals surface area contributed by atoms with Crippen LogP contribution in [0.5, 0.6) is 17.2 Å². The number of methoxy groups -OCH3 is 1. The third-order valence-electron chi connectivity index (χ3n) is 4.65. The fraction of sp³-hybridized carbons (Fsp3) is 0.182. The minimum absolute atomic E-state index is 0.154. The molecule has 3 aromatic carbocycles. The second-order valence-corrected chi connectivity index (χ2v) is 7.75. The Balaban J connectivity index is 1.50. The van der Waals surface area contributed by atoms with Crippen molar-refractivity contribution in [2.24, 2.45) is 0 Å². The van der Waals surface area contributed by atoms with Crippen LogP contribution < -0.4 is 9.47 Å². The fourth-order valence-corrected chi connectivity index (χ4v) is 4.33. The predicted molar refractivity (Wildman–Crippen MR) is 106 cm³/mol. The lowest BCUT2D eigenvalue weighted by Gasteiger charge is -2.14. The lowest BCUT2D eigenvalue weighted by atomic mass is 10.1. The standard InChI is InChI=1S/C22H19F2NO2S/c1-14-20-13-25(12-15-3-5-18(26-2)6-4-15)28-22(20)8-7-21(14)27-19-10-16(23)9-17(24)11-19/h3-11H,12-13H2,1-2H3. The molecule has 144 valence electrons. The van der Waals surface area contributed by atoms with Gasteiger partial charge in [-0.25, -0.2) is 13.1 Å². The molecule has 0 aromatic heterocycles. The molecule has 0 radical (unpaired) electrons. The summed E-state index contributed by atoms with van der Waals surface area (Å²) in [6, 6.07) is 15.1. The van der Waals surface area contributed by atoms with Crippen LogP contribution in [0.25, 0.3) is 0 Å². The topological polar surface area (TPSA) is 21.7 Å². The molecule has 3 aromatic rings. The first-order valence-corrected chi connectivity index (χ1v) is 9.61. The number of nitrogens with zero attached hydrogens (tertiary/aromatic N) is 1. The molecule has 0 N–H and O–H groups in total. The monoisotopic (exact) mass is 399 g/mol. The lowest BCUT2D eigenvalue weighted by molar-refractivity contribution is 0.414. The van der Waals surface area contributed by atoms with E-state index in [1.165, 1.54) is 28.2 Å². The van der Waals surface area contributed by atoms with Gasteiger partial charge in [0.25, 0.3) is 0 Å². The number of halogens is 2. The van der Waals surface area contributed by atoms with Crippen LogP contribution in [0.1, 0.15) is 16.7 Å². The van der Waals surface area contributed by atoms with Gasteiger partial charge >= 0.3 is 0 Å². The third kappa shape index (κ3) is 3.98. The van der Waals surface area contributed by atoms with Crippen LogP contribution in [0.3, 0.4) is 0 Å². The van der Waals surface area contributed by atoms with Crippen molar-refractivity contribution in [3.63, 3.8) is 0 Å². The molecule has 0 bridgehead atoms. The van der Waals surface area contributed by atoms with Crippen molar-refractivity contribution in [2.45, 2.75) is 24.9 Å². The molecule has 4 rings (SSSR count). The summed E-state index contributed by atoms with van der Waals surface area (Å²) in [4.78, 5) is 1.17. The first-order chi connectivity index (χ1) is 13.5. The van der Waals surface area contributed by atoms with E-state index >= 15 is 0 Å². The molecule has 0 spiro atoms. The Morgan fingerprint density at radius 1 is 0.964 bits per heavy atom. The van der Waals surface area contributed by atoms with E-state index in [4.69, 9.17) is 9.47 Å². The Kier molecular flexibility index (Phi) is 5.24. The van der Waals surface area contributed by atoms with Crippen LogP contribution in [-0.2, 0) is 13.1 Å². The van der Waals surface area contributed by atoms with Gasteiger partial charge in [-0.15, -0.1) is 0 Å². The Morgan fingerprint density at radius 3 is 2.36 bits per heavy atom. The highest BCUT2D eigenvalue weighted by molar-refractivity contribution is 7.97. The summed E-state index contributed by atoms with van der Waals surface area (Å²) in [5, 5.41) is 0. The zero-order valence-corrected chi connectivity index (χ0v) is 16.4. The number of fused-ring (bicyclic) bond motifs is 1. The van der Waals surface area contributed by atoms with Crippen molar-refractivity contribution in [1.82, 2.24) is 4.31 Å². The first kappa shape index (κ1) is 18.8. The van der Waals surface area contributed by atoms with Gasteiger partial charge in [-0.1, -0.05) is 12.1 Å². The van der Waals surface area contributed by atoms with Crippen LogP contribution in [0.2, 0.25) is 0 Å². The van der Waals surface area contributed by atoms with E-state index < -0.39 is 11.6 Å². The van der Waals surface area contributed by atoms with Gasteiger partial charge in [-0.05, 0) is 59.8 Å². The van der Waals surface area contributed by atoms with Crippen molar-refractivity contribution in [2.75, 3.05) is 7.11 Å². The Bertz CT molecular complexity index is 988. The molecule has 28 heavy (non-hydrogen) atoms. The largest absolute Gasteiger partial charge is 0.497 e. The van der Waals surface area contributed by atoms with Gasteiger partial charge in [0.15, 0.2) is 0 Å². The van der Waals surface area contributed by atoms with E-state index in [-0.39, 0.29) is 5.75 Å². The number of ether oxygens (including phenoxy) is 2. The maximum atomic E-state index is 13.4. The van der Waals surface area contributed by atoms with Crippen molar-refractivity contribution < 1.29 is 18.3 Å². The summed E-state index contributed by atoms with van der Waals surface area (Å²) in [7, 11) is 1.66. The quantitative estimate of drug-likeness (QED) is 0.484. The van der Waals surface area contributed by atoms with Gasteiger partial charge in [-0.2, -0.15) is 0 Å². The smallest absolute Gasteiger partial charge is 0.133 e. The first-order valence-electron chi connectivity index (χ1n) is 8.84. The maximum absolute atomic E-state index is 13.4. The highest BCUT2D eigenvalue weighted by Crippen LogP contribution is 2.42. The van der Waals surface area contributed by atoms with Crippen LogP contribution in [0.4, 0.5) is 8.78 Å². The van der Waals surface area contributed by atoms with Gasteiger partial charge in [0.05, 0.1) is 7.11 Å². The molecule has 0 saturated carbocycles. The lowest BCUT2D eigenvalue weighted by Crippen LogP contribution is -2.09. The number of hydrogen-bond acceptors (Lipinski definition) is 4. The van der Waals surface area contributed by atoms with E-state index in [2.05, 4.69) is 16.4 Å². The normalized spacial score (nSPS) is 13.4. The summed E-state index contributed by atoms with van der Waals surface area (Å²) in [6.45, 7) is 3.54. The Hall–Kier alpha value is -2.57. The molecule has 0 fully saturated rings. The minimum atomic E-state index is -0.657. The molecule has 0 atom stereocenters. The van der Waals surface area contributed by atoms with E-state index in [9.17, 15) is 8.78 Å². The predicted octanol–water partition coefficient (Wildman–Crippen LogP) is 6.10. The summed E-state index contributed by atoms with van der Waals surface area (Å²) in [6.07, 6.45) is 0. The number of hydrogen-bond donors (Lipinski definition) is 0. The molecule has 0 unspecified atom stereocenters. The highest BCUT2D eigenvalue weighted by atomic mass is 32.2. The second-order valence-electron chi connectivity index (χ2n) is 6.61. The van der Waals surface area contributed by atoms with E-state index in [1.54, 1.807) is 19.1 Å². The summed E-state index contributed by atoms with van der Waals surface area (Å²) in [5.41, 5.74) is 3.35. The molecule has 1 aliphatic rings. The summed E-state index contributed by atoms with van der Waals surface area (Å²) in [5.74, 6) is 0.287. The van der Waals surface area contributed by atoms with Crippen molar-refractivity contribution in [3.8, 4) is 17.2 Å². The van der Waals surface area contributed by atoms with Crippen LogP contribution in [-0.4, -0.2) is 11.4 Å². The minimum Gasteiger partial charge on any atom is -0.497 e. The van der Waals surface area contributed by atoms with Crippen molar-refractivity contribution >= 4 is 11.9 Å². The number of rotatable bonds is 5. The Labute approximate surface area is 167 Å². The highest BCUT2D eigenvalue weighted by Gasteiger charge is 2.24. The van der Waals surface area contributed by atoms with E-state index in [0.29, 0.717) is 5.75 Å².